The molecule has 2 aromatic carbocycles. The highest BCUT2D eigenvalue weighted by atomic mass is 79.9. The van der Waals surface area contributed by atoms with Crippen molar-refractivity contribution in [2.24, 2.45) is 5.92 Å². The van der Waals surface area contributed by atoms with Crippen molar-refractivity contribution in [3.8, 4) is 0 Å². The standard InChI is InChI=1S/C22H25BrO4/c1-15(13-26-22(24)18-8-10-19(23)11-9-18)21-20(12-16(2)27-21)25-14-17-6-4-3-5-7-17/h3-11,15-16,20-21H,12-14H2,1-2H3/t15-,16-,20-,21+/m0/s1. The zero-order valence-electron chi connectivity index (χ0n) is 15.6. The summed E-state index contributed by atoms with van der Waals surface area (Å²) < 4.78 is 18.6. The molecule has 0 saturated carbocycles. The number of benzene rings is 2. The molecule has 0 aliphatic carbocycles. The number of ether oxygens (including phenoxy) is 3. The van der Waals surface area contributed by atoms with Gasteiger partial charge in [-0.1, -0.05) is 53.2 Å². The van der Waals surface area contributed by atoms with Crippen LogP contribution in [0, 0.1) is 5.92 Å². The highest BCUT2D eigenvalue weighted by molar-refractivity contribution is 9.10. The molecule has 0 bridgehead atoms. The average Bonchev–Trinajstić information content (AvgIpc) is 3.06. The maximum atomic E-state index is 12.2. The first-order chi connectivity index (χ1) is 13.0. The number of hydrogen-bond donors (Lipinski definition) is 0. The fourth-order valence-corrected chi connectivity index (χ4v) is 3.55. The number of hydrogen-bond acceptors (Lipinski definition) is 4. The first kappa shape index (κ1) is 20.1. The second kappa shape index (κ2) is 9.49. The van der Waals surface area contributed by atoms with Gasteiger partial charge in [-0.05, 0) is 36.8 Å². The number of esters is 1. The third-order valence-electron chi connectivity index (χ3n) is 4.75. The summed E-state index contributed by atoms with van der Waals surface area (Å²) in [6, 6.07) is 17.3. The molecule has 3 rings (SSSR count). The van der Waals surface area contributed by atoms with E-state index in [-0.39, 0.29) is 30.2 Å². The molecule has 5 heteroatoms. The summed E-state index contributed by atoms with van der Waals surface area (Å²) in [6.45, 7) is 4.96. The molecular formula is C22H25BrO4. The number of halogens is 1. The van der Waals surface area contributed by atoms with E-state index in [1.54, 1.807) is 12.1 Å². The van der Waals surface area contributed by atoms with Crippen LogP contribution in [0.15, 0.2) is 59.1 Å². The lowest BCUT2D eigenvalue weighted by Gasteiger charge is -2.25. The maximum Gasteiger partial charge on any atom is 0.338 e. The number of carbonyl (C=O) groups is 1. The second-order valence-electron chi connectivity index (χ2n) is 7.06. The van der Waals surface area contributed by atoms with Crippen LogP contribution in [0.4, 0.5) is 0 Å². The zero-order chi connectivity index (χ0) is 19.2. The van der Waals surface area contributed by atoms with Crippen LogP contribution in [-0.4, -0.2) is 30.9 Å². The minimum Gasteiger partial charge on any atom is -0.462 e. The lowest BCUT2D eigenvalue weighted by Crippen LogP contribution is -2.33. The largest absolute Gasteiger partial charge is 0.462 e. The Morgan fingerprint density at radius 1 is 1.19 bits per heavy atom. The quantitative estimate of drug-likeness (QED) is 0.577. The molecule has 1 heterocycles. The Kier molecular flexibility index (Phi) is 7.05. The number of rotatable bonds is 7. The van der Waals surface area contributed by atoms with Crippen LogP contribution in [0.25, 0.3) is 0 Å². The van der Waals surface area contributed by atoms with Gasteiger partial charge in [0.05, 0.1) is 37.1 Å². The lowest BCUT2D eigenvalue weighted by atomic mass is 10.00. The van der Waals surface area contributed by atoms with Crippen molar-refractivity contribution in [1.82, 2.24) is 0 Å². The van der Waals surface area contributed by atoms with Gasteiger partial charge in [-0.15, -0.1) is 0 Å². The Morgan fingerprint density at radius 2 is 1.89 bits per heavy atom. The molecule has 0 N–H and O–H groups in total. The van der Waals surface area contributed by atoms with Gasteiger partial charge in [0, 0.05) is 16.8 Å². The fraction of sp³-hybridized carbons (Fsp3) is 0.409. The van der Waals surface area contributed by atoms with E-state index in [0.29, 0.717) is 18.8 Å². The molecule has 1 saturated heterocycles. The van der Waals surface area contributed by atoms with Crippen molar-refractivity contribution in [2.75, 3.05) is 6.61 Å². The maximum absolute atomic E-state index is 12.2. The Balaban J connectivity index is 1.53. The van der Waals surface area contributed by atoms with E-state index in [1.807, 2.05) is 37.3 Å². The van der Waals surface area contributed by atoms with Gasteiger partial charge < -0.3 is 14.2 Å². The molecule has 0 unspecified atom stereocenters. The molecule has 2 aromatic rings. The summed E-state index contributed by atoms with van der Waals surface area (Å²) in [5.41, 5.74) is 1.69. The van der Waals surface area contributed by atoms with Gasteiger partial charge in [-0.3, -0.25) is 0 Å². The molecule has 0 radical (unpaired) electrons. The van der Waals surface area contributed by atoms with Crippen molar-refractivity contribution >= 4 is 21.9 Å². The topological polar surface area (TPSA) is 44.8 Å². The van der Waals surface area contributed by atoms with Crippen LogP contribution in [0.5, 0.6) is 0 Å². The zero-order valence-corrected chi connectivity index (χ0v) is 17.2. The molecule has 0 spiro atoms. The summed E-state index contributed by atoms with van der Waals surface area (Å²) >= 11 is 3.36. The van der Waals surface area contributed by atoms with Crippen LogP contribution in [0.2, 0.25) is 0 Å². The van der Waals surface area contributed by atoms with Crippen molar-refractivity contribution in [2.45, 2.75) is 45.2 Å². The van der Waals surface area contributed by atoms with Crippen LogP contribution in [0.1, 0.15) is 36.2 Å². The van der Waals surface area contributed by atoms with E-state index in [2.05, 4.69) is 35.0 Å². The summed E-state index contributed by atoms with van der Waals surface area (Å²) in [5.74, 6) is -0.266. The fourth-order valence-electron chi connectivity index (χ4n) is 3.28. The number of carbonyl (C=O) groups excluding carboxylic acids is 1. The van der Waals surface area contributed by atoms with Crippen molar-refractivity contribution in [3.63, 3.8) is 0 Å². The Labute approximate surface area is 169 Å². The third kappa shape index (κ3) is 5.64. The van der Waals surface area contributed by atoms with E-state index in [1.165, 1.54) is 0 Å². The van der Waals surface area contributed by atoms with Gasteiger partial charge in [0.25, 0.3) is 0 Å². The van der Waals surface area contributed by atoms with Crippen LogP contribution in [0.3, 0.4) is 0 Å². The third-order valence-corrected chi connectivity index (χ3v) is 5.27. The van der Waals surface area contributed by atoms with Crippen LogP contribution >= 0.6 is 15.9 Å². The Hall–Kier alpha value is -1.69. The molecule has 144 valence electrons. The Bertz CT molecular complexity index is 732. The van der Waals surface area contributed by atoms with E-state index < -0.39 is 0 Å². The summed E-state index contributed by atoms with van der Waals surface area (Å²) in [6.07, 6.45) is 0.908. The normalized spacial score (nSPS) is 23.1. The SMILES string of the molecule is C[C@H]1C[C@H](OCc2ccccc2)[C@@H]([C@@H](C)COC(=O)c2ccc(Br)cc2)O1. The summed E-state index contributed by atoms with van der Waals surface area (Å²) in [5, 5.41) is 0. The van der Waals surface area contributed by atoms with Crippen molar-refractivity contribution in [3.05, 3.63) is 70.2 Å². The molecule has 4 nitrogen and oxygen atoms in total. The second-order valence-corrected chi connectivity index (χ2v) is 7.98. The molecule has 1 fully saturated rings. The van der Waals surface area contributed by atoms with Gasteiger partial charge >= 0.3 is 5.97 Å². The first-order valence-corrected chi connectivity index (χ1v) is 10.1. The molecule has 27 heavy (non-hydrogen) atoms. The van der Waals surface area contributed by atoms with Gasteiger partial charge in [0.15, 0.2) is 0 Å². The van der Waals surface area contributed by atoms with Crippen molar-refractivity contribution < 1.29 is 19.0 Å². The molecule has 0 amide bonds. The molecule has 0 aromatic heterocycles. The summed E-state index contributed by atoms with van der Waals surface area (Å²) in [7, 11) is 0. The van der Waals surface area contributed by atoms with Gasteiger partial charge in [0.2, 0.25) is 0 Å². The van der Waals surface area contributed by atoms with E-state index in [9.17, 15) is 4.79 Å². The average molecular weight is 433 g/mol. The van der Waals surface area contributed by atoms with Gasteiger partial charge in [0.1, 0.15) is 0 Å². The molecular weight excluding hydrogens is 408 g/mol. The van der Waals surface area contributed by atoms with Crippen molar-refractivity contribution in [1.29, 1.82) is 0 Å². The summed E-state index contributed by atoms with van der Waals surface area (Å²) in [4.78, 5) is 12.2. The smallest absolute Gasteiger partial charge is 0.338 e. The van der Waals surface area contributed by atoms with E-state index in [0.717, 1.165) is 16.5 Å². The predicted molar refractivity (Wildman–Crippen MR) is 108 cm³/mol. The Morgan fingerprint density at radius 3 is 2.59 bits per heavy atom. The monoisotopic (exact) mass is 432 g/mol. The van der Waals surface area contributed by atoms with E-state index >= 15 is 0 Å². The van der Waals surface area contributed by atoms with Crippen LogP contribution < -0.4 is 0 Å². The molecule has 1 aliphatic heterocycles. The van der Waals surface area contributed by atoms with Gasteiger partial charge in [-0.25, -0.2) is 4.79 Å². The van der Waals surface area contributed by atoms with E-state index in [4.69, 9.17) is 14.2 Å². The minimum absolute atomic E-state index is 0.00147. The predicted octanol–water partition coefficient (Wildman–Crippen LogP) is 5.00. The lowest BCUT2D eigenvalue weighted by molar-refractivity contribution is -0.0626. The molecule has 1 aliphatic rings. The minimum atomic E-state index is -0.317. The first-order valence-electron chi connectivity index (χ1n) is 9.26. The molecule has 4 atom stereocenters. The van der Waals surface area contributed by atoms with Gasteiger partial charge in [-0.2, -0.15) is 0 Å². The highest BCUT2D eigenvalue weighted by Crippen LogP contribution is 2.29. The highest BCUT2D eigenvalue weighted by Gasteiger charge is 2.37. The van der Waals surface area contributed by atoms with Crippen LogP contribution in [-0.2, 0) is 20.8 Å².